The number of hydrogen-bond donors (Lipinski definition) is 0. The van der Waals surface area contributed by atoms with E-state index in [9.17, 15) is 9.18 Å². The molecule has 0 N–H and O–H groups in total. The van der Waals surface area contributed by atoms with Gasteiger partial charge < -0.3 is 4.74 Å². The summed E-state index contributed by atoms with van der Waals surface area (Å²) < 4.78 is 20.3. The van der Waals surface area contributed by atoms with Gasteiger partial charge in [0, 0.05) is 0 Å². The average Bonchev–Trinajstić information content (AvgIpc) is 2.89. The Morgan fingerprint density at radius 3 is 2.76 bits per heavy atom. The molecule has 112 valence electrons. The lowest BCUT2D eigenvalue weighted by Crippen LogP contribution is -2.18. The molecule has 0 saturated heterocycles. The SMILES string of the molecule is CCCCOC(=O)c1cnc(F)n1[C@H](C)c1ccccc1. The molecule has 0 aliphatic rings. The summed E-state index contributed by atoms with van der Waals surface area (Å²) in [5, 5.41) is 0. The fourth-order valence-electron chi connectivity index (χ4n) is 2.12. The van der Waals surface area contributed by atoms with E-state index in [2.05, 4.69) is 4.98 Å². The van der Waals surface area contributed by atoms with Crippen LogP contribution in [-0.4, -0.2) is 22.1 Å². The summed E-state index contributed by atoms with van der Waals surface area (Å²) in [5.41, 5.74) is 1.04. The number of nitrogens with zero attached hydrogens (tertiary/aromatic N) is 2. The Hall–Kier alpha value is -2.17. The molecule has 2 aromatic rings. The third-order valence-corrected chi connectivity index (χ3v) is 3.36. The number of aromatic nitrogens is 2. The molecular formula is C16H19FN2O2. The average molecular weight is 290 g/mol. The van der Waals surface area contributed by atoms with Crippen molar-refractivity contribution in [2.45, 2.75) is 32.7 Å². The number of esters is 1. The van der Waals surface area contributed by atoms with Crippen molar-refractivity contribution in [1.82, 2.24) is 9.55 Å². The van der Waals surface area contributed by atoms with Gasteiger partial charge in [-0.15, -0.1) is 0 Å². The van der Waals surface area contributed by atoms with Crippen LogP contribution in [-0.2, 0) is 4.74 Å². The van der Waals surface area contributed by atoms with Gasteiger partial charge in [0.1, 0.15) is 5.69 Å². The van der Waals surface area contributed by atoms with Crippen LogP contribution >= 0.6 is 0 Å². The largest absolute Gasteiger partial charge is 0.461 e. The Labute approximate surface area is 123 Å². The van der Waals surface area contributed by atoms with Crippen molar-refractivity contribution >= 4 is 5.97 Å². The van der Waals surface area contributed by atoms with Gasteiger partial charge in [0.25, 0.3) is 6.08 Å². The minimum Gasteiger partial charge on any atom is -0.461 e. The number of imidazole rings is 1. The first kappa shape index (κ1) is 15.2. The molecule has 0 saturated carbocycles. The predicted octanol–water partition coefficient (Wildman–Crippen LogP) is 3.59. The number of hydrogen-bond acceptors (Lipinski definition) is 3. The first-order chi connectivity index (χ1) is 10.1. The Balaban J connectivity index is 2.24. The molecule has 0 fully saturated rings. The molecule has 5 heteroatoms. The van der Waals surface area contributed by atoms with Crippen LogP contribution in [0.25, 0.3) is 0 Å². The van der Waals surface area contributed by atoms with E-state index >= 15 is 0 Å². The smallest absolute Gasteiger partial charge is 0.356 e. The number of ether oxygens (including phenoxy) is 1. The van der Waals surface area contributed by atoms with E-state index in [4.69, 9.17) is 4.74 Å². The standard InChI is InChI=1S/C16H19FN2O2/c1-3-4-10-21-15(20)14-11-18-16(17)19(14)12(2)13-8-6-5-7-9-13/h5-9,11-12H,3-4,10H2,1-2H3/t12-/m1/s1. The second kappa shape index (κ2) is 7.02. The molecule has 0 amide bonds. The van der Waals surface area contributed by atoms with Crippen LogP contribution in [0.1, 0.15) is 48.8 Å². The van der Waals surface area contributed by atoms with Crippen molar-refractivity contribution in [1.29, 1.82) is 0 Å². The van der Waals surface area contributed by atoms with Gasteiger partial charge in [-0.3, -0.25) is 4.57 Å². The van der Waals surface area contributed by atoms with E-state index in [1.54, 1.807) is 0 Å². The highest BCUT2D eigenvalue weighted by atomic mass is 19.1. The van der Waals surface area contributed by atoms with Crippen LogP contribution in [0.3, 0.4) is 0 Å². The molecule has 0 spiro atoms. The lowest BCUT2D eigenvalue weighted by atomic mass is 10.1. The van der Waals surface area contributed by atoms with Gasteiger partial charge >= 0.3 is 5.97 Å². The van der Waals surface area contributed by atoms with Crippen molar-refractivity contribution in [3.05, 3.63) is 53.9 Å². The molecule has 21 heavy (non-hydrogen) atoms. The minimum atomic E-state index is -0.686. The van der Waals surface area contributed by atoms with Gasteiger partial charge in [-0.1, -0.05) is 43.7 Å². The Morgan fingerprint density at radius 1 is 1.38 bits per heavy atom. The molecule has 0 bridgehead atoms. The highest BCUT2D eigenvalue weighted by Gasteiger charge is 2.22. The second-order valence-corrected chi connectivity index (χ2v) is 4.86. The van der Waals surface area contributed by atoms with E-state index in [0.29, 0.717) is 6.61 Å². The van der Waals surface area contributed by atoms with Crippen molar-refractivity contribution in [3.63, 3.8) is 0 Å². The summed E-state index contributed by atoms with van der Waals surface area (Å²) in [6, 6.07) is 9.08. The zero-order chi connectivity index (χ0) is 15.2. The molecule has 0 unspecified atom stereocenters. The molecule has 4 nitrogen and oxygen atoms in total. The Kier molecular flexibility index (Phi) is 5.09. The third kappa shape index (κ3) is 3.48. The monoisotopic (exact) mass is 290 g/mol. The van der Waals surface area contributed by atoms with Crippen LogP contribution in [0.15, 0.2) is 36.5 Å². The first-order valence-electron chi connectivity index (χ1n) is 7.10. The maximum atomic E-state index is 13.9. The summed E-state index contributed by atoms with van der Waals surface area (Å²) in [7, 11) is 0. The van der Waals surface area contributed by atoms with Crippen LogP contribution < -0.4 is 0 Å². The van der Waals surface area contributed by atoms with Crippen molar-refractivity contribution in [3.8, 4) is 0 Å². The lowest BCUT2D eigenvalue weighted by Gasteiger charge is -2.16. The summed E-state index contributed by atoms with van der Waals surface area (Å²) >= 11 is 0. The van der Waals surface area contributed by atoms with E-state index < -0.39 is 12.0 Å². The maximum Gasteiger partial charge on any atom is 0.356 e. The third-order valence-electron chi connectivity index (χ3n) is 3.36. The summed E-state index contributed by atoms with van der Waals surface area (Å²) in [4.78, 5) is 15.6. The molecule has 1 aromatic heterocycles. The first-order valence-corrected chi connectivity index (χ1v) is 7.10. The number of carbonyl (C=O) groups excluding carboxylic acids is 1. The fraction of sp³-hybridized carbons (Fsp3) is 0.375. The van der Waals surface area contributed by atoms with Gasteiger partial charge in [0.15, 0.2) is 0 Å². The summed E-state index contributed by atoms with van der Waals surface area (Å²) in [5.74, 6) is -0.539. The second-order valence-electron chi connectivity index (χ2n) is 4.86. The molecular weight excluding hydrogens is 271 g/mol. The molecule has 0 radical (unpaired) electrons. The fourth-order valence-corrected chi connectivity index (χ4v) is 2.12. The van der Waals surface area contributed by atoms with Gasteiger partial charge in [-0.25, -0.2) is 9.78 Å². The number of benzene rings is 1. The van der Waals surface area contributed by atoms with Gasteiger partial charge in [0.2, 0.25) is 0 Å². The molecule has 1 heterocycles. The number of rotatable bonds is 6. The van der Waals surface area contributed by atoms with Gasteiger partial charge in [-0.2, -0.15) is 4.39 Å². The molecule has 0 aliphatic carbocycles. The van der Waals surface area contributed by atoms with E-state index in [-0.39, 0.29) is 11.7 Å². The molecule has 0 aliphatic heterocycles. The molecule has 2 rings (SSSR count). The predicted molar refractivity (Wildman–Crippen MR) is 77.6 cm³/mol. The van der Waals surface area contributed by atoms with E-state index in [1.807, 2.05) is 44.2 Å². The van der Waals surface area contributed by atoms with Crippen LogP contribution in [0, 0.1) is 6.08 Å². The number of carbonyl (C=O) groups is 1. The molecule has 1 atom stereocenters. The lowest BCUT2D eigenvalue weighted by molar-refractivity contribution is 0.0484. The van der Waals surface area contributed by atoms with Crippen molar-refractivity contribution < 1.29 is 13.9 Å². The Bertz CT molecular complexity index is 596. The topological polar surface area (TPSA) is 44.1 Å². The van der Waals surface area contributed by atoms with Crippen molar-refractivity contribution in [2.75, 3.05) is 6.61 Å². The highest BCUT2D eigenvalue weighted by Crippen LogP contribution is 2.21. The minimum absolute atomic E-state index is 0.139. The zero-order valence-electron chi connectivity index (χ0n) is 12.3. The van der Waals surface area contributed by atoms with Crippen LogP contribution in [0.5, 0.6) is 0 Å². The molecule has 1 aromatic carbocycles. The highest BCUT2D eigenvalue weighted by molar-refractivity contribution is 5.87. The van der Waals surface area contributed by atoms with E-state index in [1.165, 1.54) is 10.8 Å². The Morgan fingerprint density at radius 2 is 2.10 bits per heavy atom. The number of unbranched alkanes of at least 4 members (excludes halogenated alkanes) is 1. The van der Waals surface area contributed by atoms with Gasteiger partial charge in [0.05, 0.1) is 18.8 Å². The summed E-state index contributed by atoms with van der Waals surface area (Å²) in [6.07, 6.45) is 2.26. The van der Waals surface area contributed by atoms with E-state index in [0.717, 1.165) is 18.4 Å². The quantitative estimate of drug-likeness (QED) is 0.603. The van der Waals surface area contributed by atoms with Crippen LogP contribution in [0.4, 0.5) is 4.39 Å². The van der Waals surface area contributed by atoms with Crippen LogP contribution in [0.2, 0.25) is 0 Å². The van der Waals surface area contributed by atoms with Gasteiger partial charge in [-0.05, 0) is 18.9 Å². The normalized spacial score (nSPS) is 12.1. The number of halogens is 1. The van der Waals surface area contributed by atoms with Crippen molar-refractivity contribution in [2.24, 2.45) is 0 Å². The maximum absolute atomic E-state index is 13.9. The summed E-state index contributed by atoms with van der Waals surface area (Å²) in [6.45, 7) is 4.17. The zero-order valence-corrected chi connectivity index (χ0v) is 12.3.